The molecule has 6 aromatic rings. The number of hydrogen-bond donors (Lipinski definition) is 9. The molecule has 0 atom stereocenters. The summed E-state index contributed by atoms with van der Waals surface area (Å²) in [5.74, 6) is -6.28. The number of phenolic OH excluding ortho intramolecular Hbond substituents is 1. The van der Waals surface area contributed by atoms with Gasteiger partial charge in [0.05, 0.1) is 34.3 Å². The van der Waals surface area contributed by atoms with Gasteiger partial charge in [-0.15, -0.1) is 30.7 Å². The largest absolute Gasteiger partial charge is 0.505 e. The molecule has 0 amide bonds. The maximum Gasteiger partial charge on any atom is 0.358 e. The molecular formula is C37H29N9O21S3. The Morgan fingerprint density at radius 2 is 1.20 bits per heavy atom. The second kappa shape index (κ2) is 20.0. The number of aromatic nitrogens is 2. The molecule has 0 spiro atoms. The van der Waals surface area contributed by atoms with Crippen molar-refractivity contribution in [3.63, 3.8) is 0 Å². The van der Waals surface area contributed by atoms with E-state index in [1.165, 1.54) is 0 Å². The summed E-state index contributed by atoms with van der Waals surface area (Å²) < 4.78 is 113. The second-order valence-electron chi connectivity index (χ2n) is 13.6. The SMILES string of the molecule is O=C(O)c1cc(S(=O)(=O)O)ccc1/N=N/c1c(C(=O)O)nn(-c2ccc3cc(S(=O)(=O)O)c(/N=N/c4cc(OCCO)c(/N=N/c5ccc([N+](=O)[O-])cc5S(=O)(=O)O)cc4OCCO)c(O)c3c2)c1O. The van der Waals surface area contributed by atoms with Gasteiger partial charge >= 0.3 is 11.9 Å². The van der Waals surface area contributed by atoms with E-state index in [-0.39, 0.29) is 33.6 Å². The lowest BCUT2D eigenvalue weighted by molar-refractivity contribution is -0.385. The number of fused-ring (bicyclic) bond motifs is 1. The maximum atomic E-state index is 12.7. The highest BCUT2D eigenvalue weighted by Crippen LogP contribution is 2.46. The number of hydrogen-bond acceptors (Lipinski definition) is 23. The summed E-state index contributed by atoms with van der Waals surface area (Å²) in [4.78, 5) is 31.5. The van der Waals surface area contributed by atoms with Gasteiger partial charge in [0.1, 0.15) is 62.9 Å². The normalized spacial score (nSPS) is 12.4. The van der Waals surface area contributed by atoms with Gasteiger partial charge in [-0.3, -0.25) is 23.8 Å². The van der Waals surface area contributed by atoms with Crippen LogP contribution in [-0.4, -0.2) is 123 Å². The summed E-state index contributed by atoms with van der Waals surface area (Å²) >= 11 is 0. The molecule has 0 aliphatic heterocycles. The van der Waals surface area contributed by atoms with Crippen molar-refractivity contribution in [1.29, 1.82) is 0 Å². The molecule has 0 fully saturated rings. The summed E-state index contributed by atoms with van der Waals surface area (Å²) in [6.45, 7) is -2.10. The van der Waals surface area contributed by atoms with E-state index in [0.717, 1.165) is 60.7 Å². The molecule has 9 N–H and O–H groups in total. The van der Waals surface area contributed by atoms with E-state index >= 15 is 0 Å². The highest BCUT2D eigenvalue weighted by molar-refractivity contribution is 7.86. The lowest BCUT2D eigenvalue weighted by Gasteiger charge is -2.13. The number of aromatic hydroxyl groups is 2. The third kappa shape index (κ3) is 11.1. The predicted octanol–water partition coefficient (Wildman–Crippen LogP) is 5.47. The van der Waals surface area contributed by atoms with Crippen LogP contribution in [0.4, 0.5) is 39.8 Å². The zero-order chi connectivity index (χ0) is 51.5. The zero-order valence-corrected chi connectivity index (χ0v) is 36.9. The molecule has 33 heteroatoms. The topological polar surface area (TPSA) is 472 Å². The van der Waals surface area contributed by atoms with Crippen LogP contribution >= 0.6 is 0 Å². The Balaban J connectivity index is 1.47. The first-order valence-corrected chi connectivity index (χ1v) is 23.0. The smallest absolute Gasteiger partial charge is 0.358 e. The van der Waals surface area contributed by atoms with Gasteiger partial charge in [-0.2, -0.15) is 35.0 Å². The van der Waals surface area contributed by atoms with E-state index in [1.807, 2.05) is 0 Å². The standard InChI is InChI=1S/C37H29N9O21S3/c47-7-9-66-27-16-26(28(67-10-8-48)15-25(27)40-39-24-5-3-19(46(55)56)13-29(24)69(60,61)62)41-42-31-30(70(63,64)65)11-17-1-2-18(12-21(17)34(31)49)45-35(50)32(33(44-45)37(53)54)43-38-23-6-4-20(68(57,58)59)14-22(23)36(51)52/h1-6,11-16,47-50H,7-10H2,(H,51,52)(H,53,54)(H,57,58,59)(H,60,61,62)(H,63,64,65)/b40-39+,42-41+,43-38+. The Morgan fingerprint density at radius 3 is 1.74 bits per heavy atom. The predicted molar refractivity (Wildman–Crippen MR) is 231 cm³/mol. The second-order valence-corrected chi connectivity index (χ2v) is 17.8. The fourth-order valence-electron chi connectivity index (χ4n) is 5.96. The molecular weight excluding hydrogens is 1000 g/mol. The summed E-state index contributed by atoms with van der Waals surface area (Å²) in [5, 5.41) is 98.4. The quantitative estimate of drug-likeness (QED) is 0.0210. The number of ether oxygens (including phenoxy) is 2. The minimum Gasteiger partial charge on any atom is -0.505 e. The van der Waals surface area contributed by atoms with E-state index in [9.17, 15) is 89.3 Å². The molecule has 0 bridgehead atoms. The van der Waals surface area contributed by atoms with Crippen molar-refractivity contribution in [2.45, 2.75) is 14.7 Å². The Labute approximate surface area is 389 Å². The molecule has 0 unspecified atom stereocenters. The van der Waals surface area contributed by atoms with Gasteiger partial charge in [-0.1, -0.05) is 6.07 Å². The van der Waals surface area contributed by atoms with E-state index in [1.54, 1.807) is 0 Å². The minimum absolute atomic E-state index is 0.126. The van der Waals surface area contributed by atoms with E-state index in [4.69, 9.17) is 9.47 Å². The van der Waals surface area contributed by atoms with Crippen molar-refractivity contribution < 1.29 is 93.5 Å². The zero-order valence-electron chi connectivity index (χ0n) is 34.4. The van der Waals surface area contributed by atoms with Gasteiger partial charge in [0.25, 0.3) is 36.0 Å². The number of carboxylic acids is 2. The number of carbonyl (C=O) groups is 2. The van der Waals surface area contributed by atoms with Crippen LogP contribution in [-0.2, 0) is 30.4 Å². The average Bonchev–Trinajstić information content (AvgIpc) is 3.63. The average molecular weight is 1030 g/mol. The molecule has 6 rings (SSSR count). The van der Waals surface area contributed by atoms with Crippen molar-refractivity contribution in [2.75, 3.05) is 26.4 Å². The van der Waals surface area contributed by atoms with Crippen molar-refractivity contribution in [3.8, 4) is 28.8 Å². The Kier molecular flexibility index (Phi) is 14.6. The third-order valence-corrected chi connectivity index (χ3v) is 11.6. The fourth-order valence-corrected chi connectivity index (χ4v) is 7.77. The van der Waals surface area contributed by atoms with E-state index in [0.29, 0.717) is 16.8 Å². The van der Waals surface area contributed by atoms with Crippen LogP contribution < -0.4 is 9.47 Å². The number of aromatic carboxylic acids is 2. The molecule has 1 heterocycles. The summed E-state index contributed by atoms with van der Waals surface area (Å²) in [5.41, 5.74) is -6.45. The van der Waals surface area contributed by atoms with Crippen LogP contribution in [0.25, 0.3) is 16.5 Å². The van der Waals surface area contributed by atoms with Gasteiger partial charge in [-0.25, -0.2) is 9.59 Å². The first-order chi connectivity index (χ1) is 32.8. The number of nitro groups is 1. The summed E-state index contributed by atoms with van der Waals surface area (Å²) in [6, 6.07) is 10.5. The summed E-state index contributed by atoms with van der Waals surface area (Å²) in [6.07, 6.45) is 0. The number of aliphatic hydroxyl groups excluding tert-OH is 2. The molecule has 366 valence electrons. The van der Waals surface area contributed by atoms with Crippen LogP contribution in [0.2, 0.25) is 0 Å². The molecule has 0 saturated carbocycles. The molecule has 0 aliphatic carbocycles. The molecule has 0 radical (unpaired) electrons. The third-order valence-electron chi connectivity index (χ3n) is 9.05. The number of benzene rings is 5. The van der Waals surface area contributed by atoms with Crippen LogP contribution in [0.1, 0.15) is 20.8 Å². The lowest BCUT2D eigenvalue weighted by atomic mass is 10.1. The van der Waals surface area contributed by atoms with Gasteiger partial charge in [0.15, 0.2) is 11.4 Å². The number of azo groups is 3. The Bertz CT molecular complexity index is 3580. The highest BCUT2D eigenvalue weighted by atomic mass is 32.2. The Morgan fingerprint density at radius 1 is 0.643 bits per heavy atom. The number of non-ortho nitro benzene ring substituents is 1. The van der Waals surface area contributed by atoms with Crippen LogP contribution in [0.5, 0.6) is 23.1 Å². The number of rotatable bonds is 19. The van der Waals surface area contributed by atoms with Crippen molar-refractivity contribution in [2.24, 2.45) is 30.7 Å². The molecule has 0 saturated heterocycles. The fraction of sp³-hybridized carbons (Fsp3) is 0.108. The van der Waals surface area contributed by atoms with E-state index in [2.05, 4.69) is 35.8 Å². The number of carboxylic acid groups (broad SMARTS) is 2. The highest BCUT2D eigenvalue weighted by Gasteiger charge is 2.27. The Hall–Kier alpha value is -8.44. The molecule has 0 aliphatic rings. The van der Waals surface area contributed by atoms with Crippen molar-refractivity contribution in [3.05, 3.63) is 94.2 Å². The van der Waals surface area contributed by atoms with Gasteiger partial charge in [0, 0.05) is 29.7 Å². The van der Waals surface area contributed by atoms with Crippen LogP contribution in [0.3, 0.4) is 0 Å². The first-order valence-electron chi connectivity index (χ1n) is 18.7. The van der Waals surface area contributed by atoms with Crippen molar-refractivity contribution in [1.82, 2.24) is 9.78 Å². The number of nitro benzene ring substituents is 1. The number of phenols is 1. The van der Waals surface area contributed by atoms with Gasteiger partial charge < -0.3 is 40.1 Å². The van der Waals surface area contributed by atoms with Crippen LogP contribution in [0.15, 0.2) is 118 Å². The molecule has 1 aromatic heterocycles. The minimum atomic E-state index is -5.27. The molecule has 70 heavy (non-hydrogen) atoms. The maximum absolute atomic E-state index is 12.7. The number of aliphatic hydroxyl groups is 2. The van der Waals surface area contributed by atoms with Gasteiger partial charge in [0.2, 0.25) is 11.6 Å². The van der Waals surface area contributed by atoms with E-state index < -0.39 is 145 Å². The number of nitrogens with zero attached hydrogens (tertiary/aromatic N) is 9. The van der Waals surface area contributed by atoms with Crippen molar-refractivity contribution >= 4 is 92.9 Å². The monoisotopic (exact) mass is 1030 g/mol. The van der Waals surface area contributed by atoms with Gasteiger partial charge in [-0.05, 0) is 47.9 Å². The lowest BCUT2D eigenvalue weighted by Crippen LogP contribution is -2.04. The first kappa shape index (κ1) is 51.0. The van der Waals surface area contributed by atoms with Crippen LogP contribution in [0, 0.1) is 10.1 Å². The molecule has 5 aromatic carbocycles. The molecule has 30 nitrogen and oxygen atoms in total. The summed E-state index contributed by atoms with van der Waals surface area (Å²) in [7, 11) is -15.2.